The maximum atomic E-state index is 8.81. The standard InChI is InChI=1S/C30H27BrN3.HI/c1-33(20-6-19-32)28-16-9-23(10-17-28)11-18-29-21-26(24-7-4-3-5-8-24)22-30(34(29)2)25-12-14-27(31)15-13-25;/h3-5,7-18,21-22H,6,20H2,1-2H3;1H/q+1;/p-1. The molecule has 0 spiro atoms. The molecule has 176 valence electrons. The lowest BCUT2D eigenvalue weighted by Crippen LogP contribution is -3.00. The van der Waals surface area contributed by atoms with Crippen molar-refractivity contribution in [3.8, 4) is 28.5 Å². The first-order valence-electron chi connectivity index (χ1n) is 11.3. The van der Waals surface area contributed by atoms with E-state index < -0.39 is 0 Å². The Bertz CT molecular complexity index is 1330. The van der Waals surface area contributed by atoms with Crippen molar-refractivity contribution in [3.63, 3.8) is 0 Å². The molecule has 0 atom stereocenters. The van der Waals surface area contributed by atoms with Gasteiger partial charge in [-0.3, -0.25) is 0 Å². The Balaban J connectivity index is 0.00000342. The zero-order valence-corrected chi connectivity index (χ0v) is 23.6. The van der Waals surface area contributed by atoms with E-state index in [9.17, 15) is 0 Å². The Hall–Kier alpha value is -2.95. The Labute approximate surface area is 233 Å². The fourth-order valence-electron chi connectivity index (χ4n) is 3.90. The van der Waals surface area contributed by atoms with Crippen molar-refractivity contribution in [1.29, 1.82) is 5.26 Å². The minimum Gasteiger partial charge on any atom is -1.00 e. The largest absolute Gasteiger partial charge is 1.00 e. The van der Waals surface area contributed by atoms with E-state index in [0.29, 0.717) is 6.42 Å². The summed E-state index contributed by atoms with van der Waals surface area (Å²) in [6, 6.07) is 34.1. The molecule has 3 nitrogen and oxygen atoms in total. The summed E-state index contributed by atoms with van der Waals surface area (Å²) >= 11 is 3.54. The number of hydrogen-bond acceptors (Lipinski definition) is 2. The van der Waals surface area contributed by atoms with Crippen LogP contribution in [0.1, 0.15) is 17.7 Å². The van der Waals surface area contributed by atoms with Crippen molar-refractivity contribution in [1.82, 2.24) is 0 Å². The number of nitrogens with zero attached hydrogens (tertiary/aromatic N) is 3. The molecule has 4 aromatic rings. The zero-order valence-electron chi connectivity index (χ0n) is 19.8. The molecule has 0 saturated carbocycles. The molecular weight excluding hydrogens is 609 g/mol. The first-order chi connectivity index (χ1) is 16.5. The summed E-state index contributed by atoms with van der Waals surface area (Å²) in [5, 5.41) is 8.81. The second kappa shape index (κ2) is 12.7. The molecule has 0 bridgehead atoms. The minimum absolute atomic E-state index is 0. The van der Waals surface area contributed by atoms with Crippen LogP contribution in [0.4, 0.5) is 5.69 Å². The van der Waals surface area contributed by atoms with E-state index >= 15 is 0 Å². The molecule has 0 fully saturated rings. The maximum Gasteiger partial charge on any atom is 0.213 e. The topological polar surface area (TPSA) is 30.9 Å². The van der Waals surface area contributed by atoms with Crippen LogP contribution in [0, 0.1) is 11.3 Å². The van der Waals surface area contributed by atoms with E-state index in [1.807, 2.05) is 13.1 Å². The van der Waals surface area contributed by atoms with E-state index in [-0.39, 0.29) is 24.0 Å². The molecule has 0 unspecified atom stereocenters. The second-order valence-electron chi connectivity index (χ2n) is 8.24. The molecule has 1 aromatic heterocycles. The number of halogens is 2. The molecule has 0 aliphatic rings. The predicted octanol–water partition coefficient (Wildman–Crippen LogP) is 4.13. The molecule has 0 aliphatic carbocycles. The van der Waals surface area contributed by atoms with Crippen molar-refractivity contribution in [2.45, 2.75) is 6.42 Å². The van der Waals surface area contributed by atoms with Crippen molar-refractivity contribution in [2.75, 3.05) is 18.5 Å². The molecule has 35 heavy (non-hydrogen) atoms. The third-order valence-electron chi connectivity index (χ3n) is 5.93. The molecule has 4 rings (SSSR count). The van der Waals surface area contributed by atoms with Gasteiger partial charge in [-0.25, -0.2) is 0 Å². The predicted molar refractivity (Wildman–Crippen MR) is 145 cm³/mol. The average molecular weight is 636 g/mol. The van der Waals surface area contributed by atoms with Gasteiger partial charge in [0.05, 0.1) is 12.5 Å². The number of hydrogen-bond donors (Lipinski definition) is 0. The van der Waals surface area contributed by atoms with Crippen molar-refractivity contribution < 1.29 is 28.5 Å². The summed E-state index contributed by atoms with van der Waals surface area (Å²) in [7, 11) is 4.12. The summed E-state index contributed by atoms with van der Waals surface area (Å²) in [5.74, 6) is 0. The van der Waals surface area contributed by atoms with E-state index in [0.717, 1.165) is 33.7 Å². The van der Waals surface area contributed by atoms with Gasteiger partial charge in [-0.15, -0.1) is 0 Å². The van der Waals surface area contributed by atoms with Crippen LogP contribution in [0.2, 0.25) is 0 Å². The van der Waals surface area contributed by atoms with Gasteiger partial charge in [0.2, 0.25) is 11.4 Å². The Morgan fingerprint density at radius 3 is 2.20 bits per heavy atom. The van der Waals surface area contributed by atoms with Gasteiger partial charge < -0.3 is 28.9 Å². The fraction of sp³-hybridized carbons (Fsp3) is 0.133. The van der Waals surface area contributed by atoms with Crippen molar-refractivity contribution in [3.05, 3.63) is 107 Å². The maximum absolute atomic E-state index is 8.81. The van der Waals surface area contributed by atoms with Crippen LogP contribution in [-0.4, -0.2) is 13.6 Å². The highest BCUT2D eigenvalue weighted by molar-refractivity contribution is 9.10. The van der Waals surface area contributed by atoms with Gasteiger partial charge in [-0.1, -0.05) is 58.4 Å². The number of rotatable bonds is 7. The average Bonchev–Trinajstić information content (AvgIpc) is 2.88. The third kappa shape index (κ3) is 6.81. The molecule has 0 aliphatic heterocycles. The van der Waals surface area contributed by atoms with E-state index in [2.05, 4.69) is 136 Å². The zero-order chi connectivity index (χ0) is 23.9. The summed E-state index contributed by atoms with van der Waals surface area (Å²) in [5.41, 5.74) is 8.07. The summed E-state index contributed by atoms with van der Waals surface area (Å²) in [6.07, 6.45) is 4.84. The van der Waals surface area contributed by atoms with Crippen molar-refractivity contribution >= 4 is 33.8 Å². The molecule has 0 amide bonds. The monoisotopic (exact) mass is 635 g/mol. The van der Waals surface area contributed by atoms with Crippen LogP contribution in [0.3, 0.4) is 0 Å². The summed E-state index contributed by atoms with van der Waals surface area (Å²) in [4.78, 5) is 2.10. The number of pyridine rings is 1. The molecular formula is C30H27BrIN3. The lowest BCUT2D eigenvalue weighted by Gasteiger charge is -2.17. The van der Waals surface area contributed by atoms with Crippen LogP contribution < -0.4 is 33.4 Å². The van der Waals surface area contributed by atoms with E-state index in [1.54, 1.807) is 0 Å². The van der Waals surface area contributed by atoms with Gasteiger partial charge in [-0.2, -0.15) is 9.83 Å². The highest BCUT2D eigenvalue weighted by Gasteiger charge is 2.16. The number of benzene rings is 3. The van der Waals surface area contributed by atoms with Crippen LogP contribution in [0.25, 0.3) is 34.5 Å². The first-order valence-corrected chi connectivity index (χ1v) is 12.1. The van der Waals surface area contributed by atoms with Gasteiger partial charge in [0.15, 0.2) is 0 Å². The molecule has 0 saturated heterocycles. The van der Waals surface area contributed by atoms with Gasteiger partial charge >= 0.3 is 0 Å². The van der Waals surface area contributed by atoms with Gasteiger partial charge in [0, 0.05) is 47.5 Å². The van der Waals surface area contributed by atoms with Crippen LogP contribution in [0.15, 0.2) is 95.5 Å². The van der Waals surface area contributed by atoms with Gasteiger partial charge in [0.25, 0.3) is 0 Å². The van der Waals surface area contributed by atoms with Crippen molar-refractivity contribution in [2.24, 2.45) is 7.05 Å². The smallest absolute Gasteiger partial charge is 0.213 e. The lowest BCUT2D eigenvalue weighted by atomic mass is 10.0. The molecule has 0 N–H and O–H groups in total. The van der Waals surface area contributed by atoms with E-state index in [4.69, 9.17) is 5.26 Å². The van der Waals surface area contributed by atoms with E-state index in [1.165, 1.54) is 16.7 Å². The Morgan fingerprint density at radius 1 is 0.857 bits per heavy atom. The Kier molecular flexibility index (Phi) is 9.64. The van der Waals surface area contributed by atoms with Crippen LogP contribution in [-0.2, 0) is 7.05 Å². The lowest BCUT2D eigenvalue weighted by molar-refractivity contribution is -0.662. The minimum atomic E-state index is 0. The first kappa shape index (κ1) is 26.7. The summed E-state index contributed by atoms with van der Waals surface area (Å²) in [6.45, 7) is 0.729. The van der Waals surface area contributed by atoms with Gasteiger partial charge in [-0.05, 0) is 59.2 Å². The molecule has 5 heteroatoms. The normalized spacial score (nSPS) is 10.6. The van der Waals surface area contributed by atoms with Crippen LogP contribution in [0.5, 0.6) is 0 Å². The van der Waals surface area contributed by atoms with Gasteiger partial charge in [0.1, 0.15) is 7.05 Å². The highest BCUT2D eigenvalue weighted by atomic mass is 127. The molecule has 0 radical (unpaired) electrons. The Morgan fingerprint density at radius 2 is 1.54 bits per heavy atom. The fourth-order valence-corrected chi connectivity index (χ4v) is 4.17. The summed E-state index contributed by atoms with van der Waals surface area (Å²) < 4.78 is 3.30. The molecule has 3 aromatic carbocycles. The van der Waals surface area contributed by atoms with Crippen LogP contribution >= 0.6 is 15.9 Å². The second-order valence-corrected chi connectivity index (χ2v) is 9.16. The number of aromatic nitrogens is 1. The molecule has 1 heterocycles. The quantitative estimate of drug-likeness (QED) is 0.226. The number of nitriles is 1. The third-order valence-corrected chi connectivity index (χ3v) is 6.46. The SMILES string of the molecule is CN(CCC#N)c1ccc(C=Cc2cc(-c3ccccc3)cc(-c3ccc(Br)cc3)[n+]2C)cc1.[I-]. The number of anilines is 1. The highest BCUT2D eigenvalue weighted by Crippen LogP contribution is 2.26.